The number of unbranched alkanes of at least 4 members (excludes halogenated alkanes) is 1. The number of hydrogen-bond acceptors (Lipinski definition) is 6. The molecule has 0 aliphatic rings. The Morgan fingerprint density at radius 2 is 2.10 bits per heavy atom. The number of carbonyl (C=O) groups excluding carboxylic acids is 1. The van der Waals surface area contributed by atoms with Crippen LogP contribution in [0.15, 0.2) is 28.6 Å². The van der Waals surface area contributed by atoms with Crippen LogP contribution in [-0.4, -0.2) is 21.9 Å². The lowest BCUT2D eigenvalue weighted by Gasteiger charge is -2.05. The van der Waals surface area contributed by atoms with Gasteiger partial charge in [0, 0.05) is 5.69 Å². The highest BCUT2D eigenvalue weighted by Crippen LogP contribution is 2.23. The van der Waals surface area contributed by atoms with Crippen molar-refractivity contribution in [2.75, 3.05) is 16.8 Å². The second-order valence-corrected chi connectivity index (χ2v) is 6.78. The Hall–Kier alpha value is -1.60. The van der Waals surface area contributed by atoms with Crippen LogP contribution in [0.2, 0.25) is 0 Å². The zero-order chi connectivity index (χ0) is 15.1. The monoisotopic (exact) mass is 322 g/mol. The summed E-state index contributed by atoms with van der Waals surface area (Å²) in [6, 6.07) is 8.00. The topological polar surface area (TPSA) is 80.9 Å². The van der Waals surface area contributed by atoms with Crippen molar-refractivity contribution in [3.8, 4) is 0 Å². The highest BCUT2D eigenvalue weighted by Gasteiger charge is 2.07. The normalized spacial score (nSPS) is 10.5. The second-order valence-electron chi connectivity index (χ2n) is 4.54. The van der Waals surface area contributed by atoms with Gasteiger partial charge in [0.15, 0.2) is 4.34 Å². The zero-order valence-electron chi connectivity index (χ0n) is 11.8. The minimum Gasteiger partial charge on any atom is -0.374 e. The molecule has 1 amide bonds. The number of benzene rings is 1. The molecule has 0 aliphatic heterocycles. The Balaban J connectivity index is 1.79. The van der Waals surface area contributed by atoms with Crippen molar-refractivity contribution in [3.05, 3.63) is 29.8 Å². The molecule has 0 unspecified atom stereocenters. The van der Waals surface area contributed by atoms with Crippen LogP contribution < -0.4 is 11.1 Å². The summed E-state index contributed by atoms with van der Waals surface area (Å²) >= 11 is 2.62. The Labute approximate surface area is 132 Å². The van der Waals surface area contributed by atoms with E-state index in [2.05, 4.69) is 34.6 Å². The van der Waals surface area contributed by atoms with Gasteiger partial charge in [0.1, 0.15) is 0 Å². The Bertz CT molecular complexity index is 583. The third-order valence-electron chi connectivity index (χ3n) is 2.81. The van der Waals surface area contributed by atoms with Crippen LogP contribution in [0.4, 0.5) is 10.8 Å². The number of nitrogen functional groups attached to an aromatic ring is 1. The summed E-state index contributed by atoms with van der Waals surface area (Å²) < 4.78 is 0.706. The number of amides is 1. The Morgan fingerprint density at radius 1 is 1.33 bits per heavy atom. The van der Waals surface area contributed by atoms with E-state index in [9.17, 15) is 4.79 Å². The molecule has 0 aliphatic carbocycles. The van der Waals surface area contributed by atoms with Crippen molar-refractivity contribution >= 4 is 39.8 Å². The lowest BCUT2D eigenvalue weighted by molar-refractivity contribution is -0.113. The van der Waals surface area contributed by atoms with Crippen LogP contribution in [0.25, 0.3) is 0 Å². The number of thioether (sulfide) groups is 1. The number of aryl methyl sites for hydroxylation is 1. The lowest BCUT2D eigenvalue weighted by Crippen LogP contribution is -2.13. The van der Waals surface area contributed by atoms with Crippen LogP contribution in [0, 0.1) is 0 Å². The van der Waals surface area contributed by atoms with Gasteiger partial charge in [-0.05, 0) is 30.5 Å². The maximum absolute atomic E-state index is 11.8. The summed E-state index contributed by atoms with van der Waals surface area (Å²) in [6.07, 6.45) is 3.46. The first-order chi connectivity index (χ1) is 10.2. The van der Waals surface area contributed by atoms with E-state index in [1.54, 1.807) is 0 Å². The van der Waals surface area contributed by atoms with Crippen molar-refractivity contribution in [3.63, 3.8) is 0 Å². The molecule has 0 atom stereocenters. The summed E-state index contributed by atoms with van der Waals surface area (Å²) in [5.41, 5.74) is 7.61. The van der Waals surface area contributed by atoms with Crippen LogP contribution in [0.5, 0.6) is 0 Å². The fourth-order valence-electron chi connectivity index (χ4n) is 1.74. The van der Waals surface area contributed by atoms with Crippen LogP contribution in [0.1, 0.15) is 25.3 Å². The van der Waals surface area contributed by atoms with E-state index in [1.807, 2.05) is 12.1 Å². The van der Waals surface area contributed by atoms with E-state index in [1.165, 1.54) is 41.5 Å². The van der Waals surface area contributed by atoms with Crippen LogP contribution in [-0.2, 0) is 11.2 Å². The number of nitrogens with one attached hydrogen (secondary N) is 1. The van der Waals surface area contributed by atoms with E-state index in [4.69, 9.17) is 5.73 Å². The fourth-order valence-corrected chi connectivity index (χ4v) is 3.17. The largest absolute Gasteiger partial charge is 0.374 e. The molecule has 0 bridgehead atoms. The van der Waals surface area contributed by atoms with Crippen LogP contribution >= 0.6 is 23.1 Å². The maximum atomic E-state index is 11.8. The average Bonchev–Trinajstić information content (AvgIpc) is 2.90. The number of aromatic nitrogens is 2. The smallest absolute Gasteiger partial charge is 0.234 e. The van der Waals surface area contributed by atoms with Gasteiger partial charge >= 0.3 is 0 Å². The molecule has 21 heavy (non-hydrogen) atoms. The average molecular weight is 322 g/mol. The number of rotatable bonds is 7. The first-order valence-electron chi connectivity index (χ1n) is 6.78. The molecule has 0 fully saturated rings. The van der Waals surface area contributed by atoms with Gasteiger partial charge in [-0.25, -0.2) is 0 Å². The Morgan fingerprint density at radius 3 is 2.71 bits per heavy atom. The molecule has 0 saturated heterocycles. The van der Waals surface area contributed by atoms with E-state index < -0.39 is 0 Å². The minimum atomic E-state index is -0.0601. The van der Waals surface area contributed by atoms with Gasteiger partial charge in [-0.1, -0.05) is 48.6 Å². The summed E-state index contributed by atoms with van der Waals surface area (Å²) in [5.74, 6) is 0.238. The molecule has 1 aromatic heterocycles. The first-order valence-corrected chi connectivity index (χ1v) is 8.58. The molecule has 1 heterocycles. The maximum Gasteiger partial charge on any atom is 0.234 e. The zero-order valence-corrected chi connectivity index (χ0v) is 13.5. The van der Waals surface area contributed by atoms with E-state index >= 15 is 0 Å². The standard InChI is InChI=1S/C14H18N4OS2/c1-2-3-4-10-5-7-11(8-6-10)16-12(19)9-20-14-18-17-13(15)21-14/h5-8H,2-4,9H2,1H3,(H2,15,17)(H,16,19). The van der Waals surface area contributed by atoms with Gasteiger partial charge in [-0.2, -0.15) is 0 Å². The second kappa shape index (κ2) is 7.99. The quantitative estimate of drug-likeness (QED) is 0.765. The molecule has 5 nitrogen and oxygen atoms in total. The van der Waals surface area contributed by atoms with Gasteiger partial charge < -0.3 is 11.1 Å². The van der Waals surface area contributed by atoms with E-state index in [0.717, 1.165) is 12.1 Å². The number of nitrogens with two attached hydrogens (primary N) is 1. The molecule has 112 valence electrons. The number of hydrogen-bond donors (Lipinski definition) is 2. The molecule has 3 N–H and O–H groups in total. The van der Waals surface area contributed by atoms with E-state index in [0.29, 0.717) is 15.2 Å². The Kier molecular flexibility index (Phi) is 6.01. The minimum absolute atomic E-state index is 0.0601. The van der Waals surface area contributed by atoms with E-state index in [-0.39, 0.29) is 5.91 Å². The molecule has 2 aromatic rings. The first kappa shape index (κ1) is 15.8. The van der Waals surface area contributed by atoms with Crippen molar-refractivity contribution in [1.29, 1.82) is 0 Å². The van der Waals surface area contributed by atoms with Crippen LogP contribution in [0.3, 0.4) is 0 Å². The van der Waals surface area contributed by atoms with Gasteiger partial charge in [-0.15, -0.1) is 10.2 Å². The van der Waals surface area contributed by atoms with Crippen molar-refractivity contribution in [2.45, 2.75) is 30.5 Å². The summed E-state index contributed by atoms with van der Waals surface area (Å²) in [7, 11) is 0. The highest BCUT2D eigenvalue weighted by atomic mass is 32.2. The summed E-state index contributed by atoms with van der Waals surface area (Å²) in [5, 5.41) is 10.9. The molecular weight excluding hydrogens is 304 g/mol. The molecule has 2 rings (SSSR count). The lowest BCUT2D eigenvalue weighted by atomic mass is 10.1. The summed E-state index contributed by atoms with van der Waals surface area (Å²) in [4.78, 5) is 11.8. The summed E-state index contributed by atoms with van der Waals surface area (Å²) in [6.45, 7) is 2.18. The number of nitrogens with zero attached hydrogens (tertiary/aromatic N) is 2. The molecule has 0 saturated carbocycles. The van der Waals surface area contributed by atoms with Gasteiger partial charge in [0.05, 0.1) is 5.75 Å². The van der Waals surface area contributed by atoms with Gasteiger partial charge in [-0.3, -0.25) is 4.79 Å². The SMILES string of the molecule is CCCCc1ccc(NC(=O)CSc2nnc(N)s2)cc1. The molecule has 7 heteroatoms. The number of anilines is 2. The molecule has 0 spiro atoms. The van der Waals surface area contributed by atoms with Crippen molar-refractivity contribution in [2.24, 2.45) is 0 Å². The van der Waals surface area contributed by atoms with Gasteiger partial charge in [0.25, 0.3) is 0 Å². The predicted molar refractivity (Wildman–Crippen MR) is 88.7 cm³/mol. The number of carbonyl (C=O) groups is 1. The molecule has 0 radical (unpaired) electrons. The molecular formula is C14H18N4OS2. The third kappa shape index (κ3) is 5.35. The predicted octanol–water partition coefficient (Wildman–Crippen LogP) is 3.19. The van der Waals surface area contributed by atoms with Crippen molar-refractivity contribution < 1.29 is 4.79 Å². The third-order valence-corrected chi connectivity index (χ3v) is 4.69. The van der Waals surface area contributed by atoms with Gasteiger partial charge in [0.2, 0.25) is 11.0 Å². The highest BCUT2D eigenvalue weighted by molar-refractivity contribution is 8.01. The fraction of sp³-hybridized carbons (Fsp3) is 0.357. The van der Waals surface area contributed by atoms with Crippen molar-refractivity contribution in [1.82, 2.24) is 10.2 Å². The molecule has 1 aromatic carbocycles.